The molecule has 9 nitrogen and oxygen atoms in total. The van der Waals surface area contributed by atoms with Crippen molar-refractivity contribution in [3.63, 3.8) is 0 Å². The maximum Gasteiger partial charge on any atom is 0.342 e. The maximum absolute atomic E-state index is 11.9. The highest BCUT2D eigenvalue weighted by Gasteiger charge is 2.45. The fourth-order valence-electron chi connectivity index (χ4n) is 3.40. The SMILES string of the molecule is O=C1OCc2cc3cccc(O[C@H]4O[C@H](CO)[C@@H](O)[C@H](O)[C@H]4O)c3c(O)c21. The number of fused-ring (bicyclic) bond motifs is 2. The first-order valence-electron chi connectivity index (χ1n) is 8.34. The zero-order valence-corrected chi connectivity index (χ0v) is 14.0. The molecule has 0 unspecified atom stereocenters. The van der Waals surface area contributed by atoms with Gasteiger partial charge in [-0.25, -0.2) is 4.79 Å². The van der Waals surface area contributed by atoms with Crippen molar-refractivity contribution in [2.75, 3.05) is 6.61 Å². The van der Waals surface area contributed by atoms with Crippen molar-refractivity contribution in [3.05, 3.63) is 35.4 Å². The average molecular weight is 378 g/mol. The summed E-state index contributed by atoms with van der Waals surface area (Å²) < 4.78 is 15.9. The average Bonchev–Trinajstić information content (AvgIpc) is 3.03. The van der Waals surface area contributed by atoms with Crippen molar-refractivity contribution in [2.24, 2.45) is 0 Å². The first-order valence-corrected chi connectivity index (χ1v) is 8.34. The number of esters is 1. The van der Waals surface area contributed by atoms with Crippen LogP contribution in [0.4, 0.5) is 0 Å². The predicted molar refractivity (Wildman–Crippen MR) is 89.1 cm³/mol. The normalized spacial score (nSPS) is 30.2. The van der Waals surface area contributed by atoms with E-state index in [1.165, 1.54) is 6.07 Å². The van der Waals surface area contributed by atoms with Crippen molar-refractivity contribution in [3.8, 4) is 11.5 Å². The molecular formula is C18H18O9. The highest BCUT2D eigenvalue weighted by Crippen LogP contribution is 2.41. The summed E-state index contributed by atoms with van der Waals surface area (Å²) >= 11 is 0. The van der Waals surface area contributed by atoms with Gasteiger partial charge in [-0.1, -0.05) is 12.1 Å². The van der Waals surface area contributed by atoms with E-state index in [9.17, 15) is 30.3 Å². The highest BCUT2D eigenvalue weighted by atomic mass is 16.7. The molecular weight excluding hydrogens is 360 g/mol. The molecule has 2 aromatic carbocycles. The Balaban J connectivity index is 1.74. The number of cyclic esters (lactones) is 1. The van der Waals surface area contributed by atoms with Crippen LogP contribution in [0.25, 0.3) is 10.8 Å². The van der Waals surface area contributed by atoms with Gasteiger partial charge < -0.3 is 39.7 Å². The van der Waals surface area contributed by atoms with Crippen LogP contribution in [0.3, 0.4) is 0 Å². The number of hydrogen-bond donors (Lipinski definition) is 5. The number of hydrogen-bond acceptors (Lipinski definition) is 9. The Morgan fingerprint density at radius 3 is 2.67 bits per heavy atom. The first-order chi connectivity index (χ1) is 12.9. The van der Waals surface area contributed by atoms with Crippen LogP contribution in [0, 0.1) is 0 Å². The van der Waals surface area contributed by atoms with Gasteiger partial charge in [-0.15, -0.1) is 0 Å². The van der Waals surface area contributed by atoms with Gasteiger partial charge in [0.25, 0.3) is 0 Å². The lowest BCUT2D eigenvalue weighted by atomic mass is 9.98. The standard InChI is InChI=1S/C18H18O9/c19-5-10-13(20)15(22)16(23)18(27-10)26-9-3-1-2-7-4-8-6-25-17(24)12(8)14(21)11(7)9/h1-4,10,13,15-16,18-23H,5-6H2/t10-,13-,15+,16-,18+/m1/s1. The number of phenols is 1. The topological polar surface area (TPSA) is 146 Å². The van der Waals surface area contributed by atoms with Crippen LogP contribution in [0.15, 0.2) is 24.3 Å². The Bertz CT molecular complexity index is 894. The third kappa shape index (κ3) is 2.80. The fraction of sp³-hybridized carbons (Fsp3) is 0.389. The lowest BCUT2D eigenvalue weighted by Gasteiger charge is -2.39. The summed E-state index contributed by atoms with van der Waals surface area (Å²) in [5, 5.41) is 50.5. The van der Waals surface area contributed by atoms with Crippen LogP contribution in [0.1, 0.15) is 15.9 Å². The summed E-state index contributed by atoms with van der Waals surface area (Å²) in [5.41, 5.74) is 0.599. The monoisotopic (exact) mass is 378 g/mol. The molecule has 0 amide bonds. The third-order valence-corrected chi connectivity index (χ3v) is 4.84. The van der Waals surface area contributed by atoms with E-state index < -0.39 is 43.3 Å². The number of aromatic hydroxyl groups is 1. The van der Waals surface area contributed by atoms with Crippen LogP contribution in [0.2, 0.25) is 0 Å². The van der Waals surface area contributed by atoms with Crippen molar-refractivity contribution in [1.29, 1.82) is 0 Å². The van der Waals surface area contributed by atoms with Crippen molar-refractivity contribution >= 4 is 16.7 Å². The van der Waals surface area contributed by atoms with Crippen LogP contribution in [-0.4, -0.2) is 68.8 Å². The van der Waals surface area contributed by atoms with E-state index >= 15 is 0 Å². The second kappa shape index (κ2) is 6.63. The highest BCUT2D eigenvalue weighted by molar-refractivity contribution is 6.06. The number of benzene rings is 2. The van der Waals surface area contributed by atoms with Gasteiger partial charge in [0, 0.05) is 5.56 Å². The van der Waals surface area contributed by atoms with Gasteiger partial charge in [0.15, 0.2) is 0 Å². The summed E-state index contributed by atoms with van der Waals surface area (Å²) in [6.07, 6.45) is -7.24. The van der Waals surface area contributed by atoms with Crippen LogP contribution in [-0.2, 0) is 16.1 Å². The lowest BCUT2D eigenvalue weighted by molar-refractivity contribution is -0.277. The summed E-state index contributed by atoms with van der Waals surface area (Å²) in [5.74, 6) is -0.867. The molecule has 1 saturated heterocycles. The van der Waals surface area contributed by atoms with Crippen LogP contribution in [0.5, 0.6) is 11.5 Å². The summed E-state index contributed by atoms with van der Waals surface area (Å²) in [4.78, 5) is 11.9. The fourth-order valence-corrected chi connectivity index (χ4v) is 3.40. The van der Waals surface area contributed by atoms with Crippen molar-refractivity contribution < 1.29 is 44.5 Å². The molecule has 0 saturated carbocycles. The molecule has 2 heterocycles. The van der Waals surface area contributed by atoms with Gasteiger partial charge in [0.2, 0.25) is 6.29 Å². The number of ether oxygens (including phenoxy) is 3. The molecule has 2 aliphatic rings. The van der Waals surface area contributed by atoms with Crippen molar-refractivity contribution in [1.82, 2.24) is 0 Å². The van der Waals surface area contributed by atoms with E-state index in [1.54, 1.807) is 18.2 Å². The second-order valence-electron chi connectivity index (χ2n) is 6.50. The van der Waals surface area contributed by atoms with E-state index in [2.05, 4.69) is 0 Å². The molecule has 0 aliphatic carbocycles. The smallest absolute Gasteiger partial charge is 0.342 e. The Hall–Kier alpha value is -2.43. The molecule has 0 bridgehead atoms. The van der Waals surface area contributed by atoms with Gasteiger partial charge in [-0.05, 0) is 17.5 Å². The summed E-state index contributed by atoms with van der Waals surface area (Å²) in [6, 6.07) is 6.54. The predicted octanol–water partition coefficient (Wildman–Crippen LogP) is -0.606. The van der Waals surface area contributed by atoms with Crippen LogP contribution >= 0.6 is 0 Å². The minimum atomic E-state index is -1.60. The molecule has 2 aromatic rings. The minimum Gasteiger partial charge on any atom is -0.506 e. The molecule has 0 radical (unpaired) electrons. The first kappa shape index (κ1) is 18.0. The Labute approximate surface area is 152 Å². The number of phenolic OH excluding ortho intramolecular Hbond substituents is 1. The van der Waals surface area contributed by atoms with Gasteiger partial charge in [-0.2, -0.15) is 0 Å². The maximum atomic E-state index is 11.9. The molecule has 5 atom stereocenters. The number of rotatable bonds is 3. The molecule has 4 rings (SSSR count). The van der Waals surface area contributed by atoms with Gasteiger partial charge in [-0.3, -0.25) is 0 Å². The van der Waals surface area contributed by atoms with E-state index in [-0.39, 0.29) is 29.1 Å². The van der Waals surface area contributed by atoms with E-state index in [0.29, 0.717) is 10.9 Å². The molecule has 0 spiro atoms. The Kier molecular flexibility index (Phi) is 4.41. The third-order valence-electron chi connectivity index (χ3n) is 4.84. The molecule has 5 N–H and O–H groups in total. The largest absolute Gasteiger partial charge is 0.506 e. The minimum absolute atomic E-state index is 0.0485. The summed E-state index contributed by atoms with van der Waals surface area (Å²) in [6.45, 7) is -0.527. The molecule has 27 heavy (non-hydrogen) atoms. The molecule has 9 heteroatoms. The van der Waals surface area contributed by atoms with Crippen LogP contribution < -0.4 is 4.74 Å². The molecule has 0 aromatic heterocycles. The Morgan fingerprint density at radius 2 is 1.93 bits per heavy atom. The molecule has 1 fully saturated rings. The molecule has 144 valence electrons. The second-order valence-corrected chi connectivity index (χ2v) is 6.50. The number of aliphatic hydroxyl groups excluding tert-OH is 4. The lowest BCUT2D eigenvalue weighted by Crippen LogP contribution is -2.60. The zero-order valence-electron chi connectivity index (χ0n) is 14.0. The number of carbonyl (C=O) groups excluding carboxylic acids is 1. The van der Waals surface area contributed by atoms with E-state index in [1.807, 2.05) is 0 Å². The number of aliphatic hydroxyl groups is 4. The quantitative estimate of drug-likeness (QED) is 0.442. The Morgan fingerprint density at radius 1 is 1.15 bits per heavy atom. The van der Waals surface area contributed by atoms with Gasteiger partial charge in [0.1, 0.15) is 48.1 Å². The molecule has 2 aliphatic heterocycles. The van der Waals surface area contributed by atoms with E-state index in [4.69, 9.17) is 14.2 Å². The zero-order chi connectivity index (χ0) is 19.3. The van der Waals surface area contributed by atoms with Gasteiger partial charge >= 0.3 is 5.97 Å². The summed E-state index contributed by atoms with van der Waals surface area (Å²) in [7, 11) is 0. The number of carbonyl (C=O) groups is 1. The van der Waals surface area contributed by atoms with Crippen molar-refractivity contribution in [2.45, 2.75) is 37.3 Å². The van der Waals surface area contributed by atoms with E-state index in [0.717, 1.165) is 0 Å². The van der Waals surface area contributed by atoms with Gasteiger partial charge in [0.05, 0.1) is 12.0 Å².